The van der Waals surface area contributed by atoms with E-state index in [2.05, 4.69) is 211 Å². The Kier molecular flexibility index (Phi) is 8.16. The minimum Gasteiger partial charge on any atom is -0.309 e. The molecule has 0 N–H and O–H groups in total. The number of benzene rings is 8. The van der Waals surface area contributed by atoms with Crippen molar-refractivity contribution in [2.75, 3.05) is 0 Å². The van der Waals surface area contributed by atoms with Gasteiger partial charge in [0.2, 0.25) is 0 Å². The molecule has 0 atom stereocenters. The number of para-hydroxylation sites is 2. The average molecular weight is 758 g/mol. The molecular formula is C54H35N3S. The predicted octanol–water partition coefficient (Wildman–Crippen LogP) is 14.3. The summed E-state index contributed by atoms with van der Waals surface area (Å²) in [6.45, 7) is 4.68. The van der Waals surface area contributed by atoms with Crippen molar-refractivity contribution < 1.29 is 0 Å². The lowest BCUT2D eigenvalue weighted by Gasteiger charge is -2.10. The zero-order valence-electron chi connectivity index (χ0n) is 31.5. The molecule has 0 amide bonds. The van der Waals surface area contributed by atoms with Crippen molar-refractivity contribution in [2.45, 2.75) is 0 Å². The van der Waals surface area contributed by atoms with E-state index < -0.39 is 0 Å². The van der Waals surface area contributed by atoms with E-state index in [1.807, 2.05) is 0 Å². The monoisotopic (exact) mass is 757 g/mol. The van der Waals surface area contributed by atoms with Crippen LogP contribution in [0.5, 0.6) is 0 Å². The molecular weight excluding hydrogens is 723 g/mol. The van der Waals surface area contributed by atoms with Crippen LogP contribution in [0.2, 0.25) is 0 Å². The zero-order chi connectivity index (χ0) is 38.6. The van der Waals surface area contributed by atoms with Crippen LogP contribution in [0.3, 0.4) is 0 Å². The molecule has 0 saturated carbocycles. The van der Waals surface area contributed by atoms with Gasteiger partial charge in [-0.2, -0.15) is 0 Å². The lowest BCUT2D eigenvalue weighted by atomic mass is 9.97. The molecule has 11 rings (SSSR count). The molecule has 0 bridgehead atoms. The standard InChI is InChI=1S/C54H35N3S/c1-35-31-48(40-29-30-44-43-23-8-10-27-49(43)57(50(44)34-40)42-21-6-3-7-22-42)55-54(56-52(35)47-26-14-25-46-45-24-9-11-28-51(45)58-53(46)47)41-20-13-19-39(33-41)38-18-12-17-37(32-38)36-15-4-2-5-16-36/h2-34H,1H2. The van der Waals surface area contributed by atoms with Gasteiger partial charge in [-0.1, -0.05) is 158 Å². The SMILES string of the molecule is C=C1C=C(c2ccc3c4ccccc4n(-c4ccccc4)c3c2)N=C(c2cccc(-c3cccc(-c4ccccc4)c3)c2)N=C1c1cccc2c1sc1ccccc12. The summed E-state index contributed by atoms with van der Waals surface area (Å²) in [5.74, 6) is 0.641. The number of hydrogen-bond donors (Lipinski definition) is 0. The molecule has 0 spiro atoms. The van der Waals surface area contributed by atoms with Gasteiger partial charge in [-0.15, -0.1) is 11.3 Å². The largest absolute Gasteiger partial charge is 0.309 e. The lowest BCUT2D eigenvalue weighted by Crippen LogP contribution is -2.07. The number of amidine groups is 1. The third kappa shape index (κ3) is 5.82. The molecule has 272 valence electrons. The van der Waals surface area contributed by atoms with E-state index in [0.29, 0.717) is 5.84 Å². The maximum atomic E-state index is 5.47. The Morgan fingerprint density at radius 3 is 1.84 bits per heavy atom. The highest BCUT2D eigenvalue weighted by Crippen LogP contribution is 2.39. The first kappa shape index (κ1) is 33.9. The fourth-order valence-corrected chi connectivity index (χ4v) is 9.58. The maximum absolute atomic E-state index is 5.47. The molecule has 58 heavy (non-hydrogen) atoms. The van der Waals surface area contributed by atoms with E-state index in [4.69, 9.17) is 9.98 Å². The minimum absolute atomic E-state index is 0.641. The molecule has 3 heterocycles. The lowest BCUT2D eigenvalue weighted by molar-refractivity contribution is 1.18. The van der Waals surface area contributed by atoms with Gasteiger partial charge in [-0.25, -0.2) is 9.98 Å². The number of fused-ring (bicyclic) bond motifs is 6. The normalized spacial score (nSPS) is 13.2. The summed E-state index contributed by atoms with van der Waals surface area (Å²) in [6, 6.07) is 68.9. The molecule has 10 aromatic rings. The van der Waals surface area contributed by atoms with Gasteiger partial charge >= 0.3 is 0 Å². The molecule has 0 radical (unpaired) electrons. The number of thiophene rings is 1. The van der Waals surface area contributed by atoms with Gasteiger partial charge in [0.25, 0.3) is 0 Å². The van der Waals surface area contributed by atoms with E-state index in [1.165, 1.54) is 47.6 Å². The van der Waals surface area contributed by atoms with Crippen LogP contribution in [0.4, 0.5) is 0 Å². The van der Waals surface area contributed by atoms with Gasteiger partial charge in [0, 0.05) is 53.3 Å². The molecule has 1 aliphatic heterocycles. The van der Waals surface area contributed by atoms with Gasteiger partial charge in [-0.05, 0) is 76.4 Å². The predicted molar refractivity (Wildman–Crippen MR) is 248 cm³/mol. The topological polar surface area (TPSA) is 29.6 Å². The Hall–Kier alpha value is -7.40. The van der Waals surface area contributed by atoms with Crippen molar-refractivity contribution in [3.8, 4) is 27.9 Å². The van der Waals surface area contributed by atoms with Crippen LogP contribution in [0, 0.1) is 0 Å². The molecule has 0 saturated heterocycles. The number of aliphatic imine (C=N–C) groups is 2. The van der Waals surface area contributed by atoms with Gasteiger partial charge in [-0.3, -0.25) is 0 Å². The molecule has 0 fully saturated rings. The van der Waals surface area contributed by atoms with E-state index in [1.54, 1.807) is 11.3 Å². The van der Waals surface area contributed by atoms with Crippen molar-refractivity contribution in [1.82, 2.24) is 4.57 Å². The Bertz CT molecular complexity index is 3340. The van der Waals surface area contributed by atoms with E-state index >= 15 is 0 Å². The van der Waals surface area contributed by atoms with Crippen LogP contribution in [0.25, 0.3) is 75.6 Å². The summed E-state index contributed by atoms with van der Waals surface area (Å²) >= 11 is 1.80. The van der Waals surface area contributed by atoms with Crippen molar-refractivity contribution >= 4 is 70.6 Å². The second-order valence-corrected chi connectivity index (χ2v) is 15.7. The average Bonchev–Trinajstić information content (AvgIpc) is 3.77. The van der Waals surface area contributed by atoms with Crippen molar-refractivity contribution in [2.24, 2.45) is 9.98 Å². The Balaban J connectivity index is 1.10. The van der Waals surface area contributed by atoms with Crippen molar-refractivity contribution in [3.63, 3.8) is 0 Å². The van der Waals surface area contributed by atoms with Crippen molar-refractivity contribution in [3.05, 3.63) is 229 Å². The van der Waals surface area contributed by atoms with Gasteiger partial charge in [0.1, 0.15) is 0 Å². The quantitative estimate of drug-likeness (QED) is 0.162. The van der Waals surface area contributed by atoms with Gasteiger partial charge in [0.15, 0.2) is 5.84 Å². The number of hydrogen-bond acceptors (Lipinski definition) is 3. The highest BCUT2D eigenvalue weighted by Gasteiger charge is 2.21. The summed E-state index contributed by atoms with van der Waals surface area (Å²) in [6.07, 6.45) is 2.11. The van der Waals surface area contributed by atoms with Gasteiger partial charge < -0.3 is 4.57 Å². The summed E-state index contributed by atoms with van der Waals surface area (Å²) in [5, 5.41) is 4.88. The highest BCUT2D eigenvalue weighted by atomic mass is 32.1. The molecule has 0 unspecified atom stereocenters. The Morgan fingerprint density at radius 1 is 0.431 bits per heavy atom. The minimum atomic E-state index is 0.641. The summed E-state index contributed by atoms with van der Waals surface area (Å²) in [5.41, 5.74) is 13.4. The Morgan fingerprint density at radius 2 is 1.03 bits per heavy atom. The third-order valence-corrected chi connectivity index (χ3v) is 12.3. The van der Waals surface area contributed by atoms with Crippen molar-refractivity contribution in [1.29, 1.82) is 0 Å². The number of allylic oxidation sites excluding steroid dienone is 2. The first-order chi connectivity index (χ1) is 28.7. The van der Waals surface area contributed by atoms with Crippen LogP contribution >= 0.6 is 11.3 Å². The summed E-state index contributed by atoms with van der Waals surface area (Å²) < 4.78 is 4.80. The first-order valence-electron chi connectivity index (χ1n) is 19.5. The van der Waals surface area contributed by atoms with Gasteiger partial charge in [0.05, 0.1) is 22.4 Å². The zero-order valence-corrected chi connectivity index (χ0v) is 32.3. The van der Waals surface area contributed by atoms with Crippen LogP contribution < -0.4 is 0 Å². The summed E-state index contributed by atoms with van der Waals surface area (Å²) in [4.78, 5) is 10.9. The molecule has 2 aromatic heterocycles. The molecule has 0 aliphatic carbocycles. The molecule has 1 aliphatic rings. The smallest absolute Gasteiger partial charge is 0.160 e. The fourth-order valence-electron chi connectivity index (χ4n) is 8.36. The van der Waals surface area contributed by atoms with E-state index in [9.17, 15) is 0 Å². The second-order valence-electron chi connectivity index (χ2n) is 14.7. The van der Waals surface area contributed by atoms with Crippen LogP contribution in [0.15, 0.2) is 222 Å². The molecule has 8 aromatic carbocycles. The number of nitrogens with zero attached hydrogens (tertiary/aromatic N) is 3. The van der Waals surface area contributed by atoms with E-state index in [0.717, 1.165) is 56.0 Å². The van der Waals surface area contributed by atoms with Crippen LogP contribution in [0.1, 0.15) is 16.7 Å². The first-order valence-corrected chi connectivity index (χ1v) is 20.3. The molecule has 3 nitrogen and oxygen atoms in total. The number of rotatable bonds is 6. The van der Waals surface area contributed by atoms with Crippen LogP contribution in [-0.2, 0) is 0 Å². The number of aromatic nitrogens is 1. The fraction of sp³-hybridized carbons (Fsp3) is 0. The maximum Gasteiger partial charge on any atom is 0.160 e. The van der Waals surface area contributed by atoms with E-state index in [-0.39, 0.29) is 0 Å². The summed E-state index contributed by atoms with van der Waals surface area (Å²) in [7, 11) is 0. The third-order valence-electron chi connectivity index (χ3n) is 11.1. The Labute approximate surface area is 340 Å². The molecule has 4 heteroatoms. The second kappa shape index (κ2) is 14.0. The van der Waals surface area contributed by atoms with Crippen LogP contribution in [-0.4, -0.2) is 16.1 Å². The highest BCUT2D eigenvalue weighted by molar-refractivity contribution is 7.26.